The highest BCUT2D eigenvalue weighted by Crippen LogP contribution is 2.32. The van der Waals surface area contributed by atoms with Crippen LogP contribution in [0.15, 0.2) is 24.3 Å². The minimum Gasteiger partial charge on any atom is -0.395 e. The van der Waals surface area contributed by atoms with Crippen molar-refractivity contribution in [1.82, 2.24) is 4.90 Å². The van der Waals surface area contributed by atoms with Gasteiger partial charge in [-0.2, -0.15) is 13.2 Å². The average molecular weight is 388 g/mol. The van der Waals surface area contributed by atoms with Crippen LogP contribution in [0.25, 0.3) is 0 Å². The molecule has 0 radical (unpaired) electrons. The standard InChI is InChI=1S/C19H27F3N2O3/c20-19(21,22)14-1-3-15(4-2-14)23-7-5-13(6-8-23)10-24-11-18(27)17(26)9-16(24)12-25/h1-4,13,16-18,25-27H,5-12H2/t16-,17?,18+/m1/s1. The van der Waals surface area contributed by atoms with Crippen molar-refractivity contribution in [3.05, 3.63) is 29.8 Å². The summed E-state index contributed by atoms with van der Waals surface area (Å²) in [6.45, 7) is 2.58. The van der Waals surface area contributed by atoms with Gasteiger partial charge >= 0.3 is 6.18 Å². The highest BCUT2D eigenvalue weighted by Gasteiger charge is 2.35. The zero-order valence-electron chi connectivity index (χ0n) is 15.1. The first kappa shape index (κ1) is 20.4. The van der Waals surface area contributed by atoms with E-state index in [4.69, 9.17) is 0 Å². The van der Waals surface area contributed by atoms with Crippen LogP contribution in [0.1, 0.15) is 24.8 Å². The summed E-state index contributed by atoms with van der Waals surface area (Å²) in [6.07, 6.45) is -3.74. The van der Waals surface area contributed by atoms with Crippen molar-refractivity contribution < 1.29 is 28.5 Å². The lowest BCUT2D eigenvalue weighted by molar-refractivity contribution is -0.137. The van der Waals surface area contributed by atoms with Crippen LogP contribution >= 0.6 is 0 Å². The van der Waals surface area contributed by atoms with Crippen LogP contribution in [0.2, 0.25) is 0 Å². The van der Waals surface area contributed by atoms with Gasteiger partial charge in [-0.05, 0) is 49.4 Å². The molecule has 2 heterocycles. The fraction of sp³-hybridized carbons (Fsp3) is 0.684. The van der Waals surface area contributed by atoms with Gasteiger partial charge in [0, 0.05) is 37.9 Å². The van der Waals surface area contributed by atoms with Gasteiger partial charge in [0.25, 0.3) is 0 Å². The Morgan fingerprint density at radius 1 is 1.00 bits per heavy atom. The number of β-amino-alcohol motifs (C(OH)–C–C–N with tert-alkyl or cyclic N) is 1. The molecule has 0 amide bonds. The molecular weight excluding hydrogens is 361 g/mol. The Balaban J connectivity index is 1.53. The molecule has 27 heavy (non-hydrogen) atoms. The van der Waals surface area contributed by atoms with Crippen LogP contribution in [0, 0.1) is 5.92 Å². The fourth-order valence-corrected chi connectivity index (χ4v) is 4.08. The van der Waals surface area contributed by atoms with E-state index in [2.05, 4.69) is 9.80 Å². The summed E-state index contributed by atoms with van der Waals surface area (Å²) < 4.78 is 38.0. The number of rotatable bonds is 4. The summed E-state index contributed by atoms with van der Waals surface area (Å²) in [7, 11) is 0. The van der Waals surface area contributed by atoms with Gasteiger partial charge in [-0.3, -0.25) is 4.90 Å². The number of alkyl halides is 3. The third-order valence-electron chi connectivity index (χ3n) is 5.77. The van der Waals surface area contributed by atoms with E-state index in [0.29, 0.717) is 18.9 Å². The maximum atomic E-state index is 12.7. The smallest absolute Gasteiger partial charge is 0.395 e. The molecule has 152 valence electrons. The van der Waals surface area contributed by atoms with Crippen LogP contribution in [-0.2, 0) is 6.18 Å². The summed E-state index contributed by atoms with van der Waals surface area (Å²) in [5.41, 5.74) is 0.160. The first-order valence-electron chi connectivity index (χ1n) is 9.41. The van der Waals surface area contributed by atoms with Gasteiger partial charge in [-0.1, -0.05) is 0 Å². The normalized spacial score (nSPS) is 28.5. The number of halogens is 3. The molecule has 2 saturated heterocycles. The number of aliphatic hydroxyl groups is 3. The molecule has 3 N–H and O–H groups in total. The first-order chi connectivity index (χ1) is 12.8. The molecule has 0 aromatic heterocycles. The van der Waals surface area contributed by atoms with E-state index >= 15 is 0 Å². The van der Waals surface area contributed by atoms with Crippen LogP contribution in [0.3, 0.4) is 0 Å². The van der Waals surface area contributed by atoms with Gasteiger partial charge in [0.1, 0.15) is 0 Å². The van der Waals surface area contributed by atoms with Gasteiger partial charge in [0.05, 0.1) is 24.4 Å². The maximum absolute atomic E-state index is 12.7. The van der Waals surface area contributed by atoms with Crippen molar-refractivity contribution >= 4 is 5.69 Å². The molecule has 3 atom stereocenters. The largest absolute Gasteiger partial charge is 0.416 e. The molecule has 0 aliphatic carbocycles. The van der Waals surface area contributed by atoms with Crippen molar-refractivity contribution in [2.24, 2.45) is 5.92 Å². The number of hydrogen-bond donors (Lipinski definition) is 3. The zero-order chi connectivity index (χ0) is 19.6. The topological polar surface area (TPSA) is 67.2 Å². The molecule has 0 saturated carbocycles. The Morgan fingerprint density at radius 2 is 1.63 bits per heavy atom. The van der Waals surface area contributed by atoms with E-state index in [9.17, 15) is 28.5 Å². The molecule has 5 nitrogen and oxygen atoms in total. The Bertz CT molecular complexity index is 603. The maximum Gasteiger partial charge on any atom is 0.416 e. The Hall–Kier alpha value is -1.35. The van der Waals surface area contributed by atoms with Gasteiger partial charge < -0.3 is 20.2 Å². The molecule has 2 aliphatic heterocycles. The zero-order valence-corrected chi connectivity index (χ0v) is 15.1. The number of hydrogen-bond acceptors (Lipinski definition) is 5. The molecule has 3 rings (SSSR count). The quantitative estimate of drug-likeness (QED) is 0.733. The molecule has 2 aliphatic rings. The molecule has 1 unspecified atom stereocenters. The third kappa shape index (κ3) is 4.93. The summed E-state index contributed by atoms with van der Waals surface area (Å²) >= 11 is 0. The summed E-state index contributed by atoms with van der Waals surface area (Å²) in [5, 5.41) is 29.2. The molecule has 1 aromatic carbocycles. The SMILES string of the molecule is OC[C@H]1CC(O)[C@@H](O)CN1CC1CCN(c2ccc(C(F)(F)F)cc2)CC1. The van der Waals surface area contributed by atoms with E-state index in [1.165, 1.54) is 12.1 Å². The van der Waals surface area contributed by atoms with Crippen molar-refractivity contribution in [2.75, 3.05) is 37.7 Å². The second-order valence-corrected chi connectivity index (χ2v) is 7.64. The summed E-state index contributed by atoms with van der Waals surface area (Å²) in [5.74, 6) is 0.396. The monoisotopic (exact) mass is 388 g/mol. The van der Waals surface area contributed by atoms with Gasteiger partial charge in [0.15, 0.2) is 0 Å². The summed E-state index contributed by atoms with van der Waals surface area (Å²) in [4.78, 5) is 4.14. The lowest BCUT2D eigenvalue weighted by atomic mass is 9.92. The highest BCUT2D eigenvalue weighted by molar-refractivity contribution is 5.48. The Kier molecular flexibility index (Phi) is 6.30. The summed E-state index contributed by atoms with van der Waals surface area (Å²) in [6, 6.07) is 5.14. The minimum atomic E-state index is -4.32. The number of piperidine rings is 2. The predicted octanol–water partition coefficient (Wildman–Crippen LogP) is 1.71. The van der Waals surface area contributed by atoms with Crippen molar-refractivity contribution in [1.29, 1.82) is 0 Å². The second kappa shape index (κ2) is 8.34. The lowest BCUT2D eigenvalue weighted by Gasteiger charge is -2.43. The molecule has 0 spiro atoms. The predicted molar refractivity (Wildman–Crippen MR) is 95.5 cm³/mol. The number of anilines is 1. The van der Waals surface area contributed by atoms with E-state index < -0.39 is 23.9 Å². The van der Waals surface area contributed by atoms with Crippen molar-refractivity contribution in [3.8, 4) is 0 Å². The van der Waals surface area contributed by atoms with Crippen LogP contribution in [0.5, 0.6) is 0 Å². The van der Waals surface area contributed by atoms with Gasteiger partial charge in [0.2, 0.25) is 0 Å². The van der Waals surface area contributed by atoms with E-state index in [0.717, 1.165) is 50.3 Å². The van der Waals surface area contributed by atoms with Gasteiger partial charge in [-0.15, -0.1) is 0 Å². The first-order valence-corrected chi connectivity index (χ1v) is 9.41. The van der Waals surface area contributed by atoms with Crippen LogP contribution in [0.4, 0.5) is 18.9 Å². The minimum absolute atomic E-state index is 0.0474. The van der Waals surface area contributed by atoms with Gasteiger partial charge in [-0.25, -0.2) is 0 Å². The van der Waals surface area contributed by atoms with Crippen LogP contribution < -0.4 is 4.90 Å². The number of nitrogens with zero attached hydrogens (tertiary/aromatic N) is 2. The fourth-order valence-electron chi connectivity index (χ4n) is 4.08. The van der Waals surface area contributed by atoms with Crippen LogP contribution in [-0.4, -0.2) is 71.3 Å². The van der Waals surface area contributed by atoms with E-state index in [1.54, 1.807) is 0 Å². The molecule has 1 aromatic rings. The lowest BCUT2D eigenvalue weighted by Crippen LogP contribution is -2.55. The molecular formula is C19H27F3N2O3. The third-order valence-corrected chi connectivity index (χ3v) is 5.77. The Labute approximate surface area is 157 Å². The molecule has 8 heteroatoms. The number of aliphatic hydroxyl groups excluding tert-OH is 3. The van der Waals surface area contributed by atoms with E-state index in [-0.39, 0.29) is 12.6 Å². The average Bonchev–Trinajstić information content (AvgIpc) is 2.64. The Morgan fingerprint density at radius 3 is 2.19 bits per heavy atom. The molecule has 2 fully saturated rings. The second-order valence-electron chi connectivity index (χ2n) is 7.64. The van der Waals surface area contributed by atoms with Crippen molar-refractivity contribution in [3.63, 3.8) is 0 Å². The number of likely N-dealkylation sites (tertiary alicyclic amines) is 1. The van der Waals surface area contributed by atoms with Crippen molar-refractivity contribution in [2.45, 2.75) is 43.7 Å². The van der Waals surface area contributed by atoms with E-state index in [1.807, 2.05) is 0 Å². The highest BCUT2D eigenvalue weighted by atomic mass is 19.4. The molecule has 0 bridgehead atoms. The number of benzene rings is 1.